The summed E-state index contributed by atoms with van der Waals surface area (Å²) < 4.78 is 0. The van der Waals surface area contributed by atoms with E-state index in [9.17, 15) is 9.90 Å². The molecule has 2 unspecified atom stereocenters. The summed E-state index contributed by atoms with van der Waals surface area (Å²) in [7, 11) is 0. The number of aliphatic hydroxyl groups excluding tert-OH is 1. The highest BCUT2D eigenvalue weighted by atomic mass is 35.5. The number of anilines is 2. The standard InChI is InChI=1S/C25H32ClN5O2/c26-22-8-17(6-7-18(22)15-32)11-27-23-21(24(33)28-10-16-4-2-1-3-5-16)12-29-25(30-23)31-13-19-9-20(19)14-31/h6-8,12,16,19-20,32H,1-5,9-11,13-15H2,(H,28,33)(H,27,29,30). The van der Waals surface area contributed by atoms with Gasteiger partial charge in [0, 0.05) is 37.4 Å². The minimum Gasteiger partial charge on any atom is -0.392 e. The molecule has 2 atom stereocenters. The van der Waals surface area contributed by atoms with E-state index in [0.717, 1.165) is 30.5 Å². The summed E-state index contributed by atoms with van der Waals surface area (Å²) in [5.74, 6) is 3.20. The number of carbonyl (C=O) groups excluding carboxylic acids is 1. The Bertz CT molecular complexity index is 1000. The lowest BCUT2D eigenvalue weighted by Gasteiger charge is -2.22. The molecule has 5 rings (SSSR count). The van der Waals surface area contributed by atoms with Gasteiger partial charge in [-0.2, -0.15) is 4.98 Å². The highest BCUT2D eigenvalue weighted by molar-refractivity contribution is 6.31. The van der Waals surface area contributed by atoms with Crippen molar-refractivity contribution < 1.29 is 9.90 Å². The normalized spacial score (nSPS) is 22.2. The van der Waals surface area contributed by atoms with Crippen LogP contribution in [0.1, 0.15) is 60.0 Å². The van der Waals surface area contributed by atoms with E-state index in [1.807, 2.05) is 18.2 Å². The van der Waals surface area contributed by atoms with Gasteiger partial charge in [-0.25, -0.2) is 4.98 Å². The molecule has 2 aliphatic carbocycles. The molecule has 2 saturated carbocycles. The molecular weight excluding hydrogens is 438 g/mol. The molecule has 8 heteroatoms. The van der Waals surface area contributed by atoms with Crippen LogP contribution >= 0.6 is 11.6 Å². The number of hydrogen-bond donors (Lipinski definition) is 3. The number of nitrogens with one attached hydrogen (secondary N) is 2. The first-order valence-electron chi connectivity index (χ1n) is 12.1. The number of hydrogen-bond acceptors (Lipinski definition) is 6. The van der Waals surface area contributed by atoms with E-state index < -0.39 is 0 Å². The van der Waals surface area contributed by atoms with Crippen LogP contribution in [-0.2, 0) is 13.2 Å². The van der Waals surface area contributed by atoms with E-state index in [-0.39, 0.29) is 12.5 Å². The molecule has 0 spiro atoms. The van der Waals surface area contributed by atoms with Crippen molar-refractivity contribution in [3.63, 3.8) is 0 Å². The summed E-state index contributed by atoms with van der Waals surface area (Å²) in [6, 6.07) is 5.57. The van der Waals surface area contributed by atoms with Crippen molar-refractivity contribution in [2.24, 2.45) is 17.8 Å². The third-order valence-electron chi connectivity index (χ3n) is 7.31. The van der Waals surface area contributed by atoms with Gasteiger partial charge in [-0.3, -0.25) is 4.79 Å². The Balaban J connectivity index is 1.31. The summed E-state index contributed by atoms with van der Waals surface area (Å²) in [5.41, 5.74) is 2.12. The highest BCUT2D eigenvalue weighted by Gasteiger charge is 2.45. The van der Waals surface area contributed by atoms with Gasteiger partial charge in [0.1, 0.15) is 11.4 Å². The summed E-state index contributed by atoms with van der Waals surface area (Å²) in [6.07, 6.45) is 9.14. The van der Waals surface area contributed by atoms with Crippen molar-refractivity contribution >= 4 is 29.3 Å². The highest BCUT2D eigenvalue weighted by Crippen LogP contribution is 2.45. The fourth-order valence-corrected chi connectivity index (χ4v) is 5.39. The maximum atomic E-state index is 13.1. The molecule has 0 bridgehead atoms. The first-order valence-corrected chi connectivity index (χ1v) is 12.5. The fourth-order valence-electron chi connectivity index (χ4n) is 5.13. The third kappa shape index (κ3) is 5.25. The second kappa shape index (κ2) is 9.85. The maximum absolute atomic E-state index is 13.1. The first-order chi connectivity index (χ1) is 16.1. The van der Waals surface area contributed by atoms with E-state index in [2.05, 4.69) is 20.5 Å². The predicted molar refractivity (Wildman–Crippen MR) is 129 cm³/mol. The quantitative estimate of drug-likeness (QED) is 0.541. The predicted octanol–water partition coefficient (Wildman–Crippen LogP) is 4.00. The van der Waals surface area contributed by atoms with Gasteiger partial charge in [-0.05, 0) is 54.2 Å². The fraction of sp³-hybridized carbons (Fsp3) is 0.560. The Kier molecular flexibility index (Phi) is 6.69. The number of nitrogens with zero attached hydrogens (tertiary/aromatic N) is 3. The van der Waals surface area contributed by atoms with Crippen molar-refractivity contribution in [3.05, 3.63) is 46.1 Å². The van der Waals surface area contributed by atoms with Gasteiger partial charge >= 0.3 is 0 Å². The third-order valence-corrected chi connectivity index (χ3v) is 7.66. The van der Waals surface area contributed by atoms with Gasteiger partial charge in [0.05, 0.1) is 6.61 Å². The Morgan fingerprint density at radius 1 is 1.18 bits per heavy atom. The van der Waals surface area contributed by atoms with Crippen LogP contribution in [-0.4, -0.2) is 40.6 Å². The molecule has 1 aromatic heterocycles. The van der Waals surface area contributed by atoms with Crippen LogP contribution in [0.4, 0.5) is 11.8 Å². The largest absolute Gasteiger partial charge is 0.392 e. The average Bonchev–Trinajstić information content (AvgIpc) is 3.46. The zero-order chi connectivity index (χ0) is 22.8. The Labute approximate surface area is 200 Å². The Morgan fingerprint density at radius 3 is 2.70 bits per heavy atom. The summed E-state index contributed by atoms with van der Waals surface area (Å²) >= 11 is 6.25. The molecule has 1 saturated heterocycles. The molecule has 2 heterocycles. The SMILES string of the molecule is O=C(NCC1CCCCC1)c1cnc(N2CC3CC3C2)nc1NCc1ccc(CO)c(Cl)c1. The number of fused-ring (bicyclic) bond motifs is 1. The molecule has 3 aliphatic rings. The number of piperidine rings is 1. The van der Waals surface area contributed by atoms with Crippen LogP contribution < -0.4 is 15.5 Å². The van der Waals surface area contributed by atoms with E-state index in [1.54, 1.807) is 6.20 Å². The number of aromatic nitrogens is 2. The lowest BCUT2D eigenvalue weighted by atomic mass is 9.89. The molecule has 176 valence electrons. The zero-order valence-corrected chi connectivity index (χ0v) is 19.7. The Hall–Kier alpha value is -2.38. The van der Waals surface area contributed by atoms with Gasteiger partial charge in [0.15, 0.2) is 0 Å². The zero-order valence-electron chi connectivity index (χ0n) is 18.9. The lowest BCUT2D eigenvalue weighted by Crippen LogP contribution is -2.31. The summed E-state index contributed by atoms with van der Waals surface area (Å²) in [5, 5.41) is 16.3. The second-order valence-electron chi connectivity index (χ2n) is 9.74. The van der Waals surface area contributed by atoms with Crippen LogP contribution in [0.25, 0.3) is 0 Å². The van der Waals surface area contributed by atoms with Gasteiger partial charge in [0.2, 0.25) is 5.95 Å². The molecule has 33 heavy (non-hydrogen) atoms. The van der Waals surface area contributed by atoms with Crippen molar-refractivity contribution in [2.45, 2.75) is 51.7 Å². The van der Waals surface area contributed by atoms with Gasteiger partial charge < -0.3 is 20.6 Å². The van der Waals surface area contributed by atoms with E-state index >= 15 is 0 Å². The molecule has 1 amide bonds. The second-order valence-corrected chi connectivity index (χ2v) is 10.2. The van der Waals surface area contributed by atoms with Crippen molar-refractivity contribution in [3.8, 4) is 0 Å². The Morgan fingerprint density at radius 2 is 1.97 bits per heavy atom. The topological polar surface area (TPSA) is 90.4 Å². The van der Waals surface area contributed by atoms with Crippen molar-refractivity contribution in [1.82, 2.24) is 15.3 Å². The molecule has 1 aliphatic heterocycles. The average molecular weight is 470 g/mol. The first kappa shape index (κ1) is 22.4. The van der Waals surface area contributed by atoms with Crippen LogP contribution in [0, 0.1) is 17.8 Å². The number of benzene rings is 1. The van der Waals surface area contributed by atoms with Gasteiger partial charge in [-0.15, -0.1) is 0 Å². The molecular formula is C25H32ClN5O2. The monoisotopic (exact) mass is 469 g/mol. The molecule has 7 nitrogen and oxygen atoms in total. The molecule has 2 aromatic rings. The molecule has 1 aromatic carbocycles. The maximum Gasteiger partial charge on any atom is 0.256 e. The summed E-state index contributed by atoms with van der Waals surface area (Å²) in [6.45, 7) is 3.07. The molecule has 3 N–H and O–H groups in total. The molecule has 3 fully saturated rings. The number of halogens is 1. The van der Waals surface area contributed by atoms with E-state index in [4.69, 9.17) is 16.6 Å². The number of amides is 1. The summed E-state index contributed by atoms with van der Waals surface area (Å²) in [4.78, 5) is 24.6. The van der Waals surface area contributed by atoms with Crippen LogP contribution in [0.5, 0.6) is 0 Å². The van der Waals surface area contributed by atoms with Crippen molar-refractivity contribution in [2.75, 3.05) is 29.9 Å². The number of aliphatic hydroxyl groups is 1. The van der Waals surface area contributed by atoms with Gasteiger partial charge in [-0.1, -0.05) is 43.0 Å². The van der Waals surface area contributed by atoms with Crippen LogP contribution in [0.3, 0.4) is 0 Å². The van der Waals surface area contributed by atoms with E-state index in [1.165, 1.54) is 38.5 Å². The smallest absolute Gasteiger partial charge is 0.256 e. The van der Waals surface area contributed by atoms with Gasteiger partial charge in [0.25, 0.3) is 5.91 Å². The van der Waals surface area contributed by atoms with Crippen LogP contribution in [0.15, 0.2) is 24.4 Å². The van der Waals surface area contributed by atoms with Crippen LogP contribution in [0.2, 0.25) is 5.02 Å². The van der Waals surface area contributed by atoms with E-state index in [0.29, 0.717) is 46.9 Å². The number of carbonyl (C=O) groups is 1. The minimum atomic E-state index is -0.132. The minimum absolute atomic E-state index is 0.0923. The number of rotatable bonds is 8. The molecule has 0 radical (unpaired) electrons. The lowest BCUT2D eigenvalue weighted by molar-refractivity contribution is 0.0943. The van der Waals surface area contributed by atoms with Crippen molar-refractivity contribution in [1.29, 1.82) is 0 Å².